The van der Waals surface area contributed by atoms with Crippen molar-refractivity contribution in [1.82, 2.24) is 16.2 Å². The van der Waals surface area contributed by atoms with Crippen LogP contribution >= 0.6 is 23.8 Å². The Morgan fingerprint density at radius 2 is 1.54 bits per heavy atom. The minimum atomic E-state index is -0.534. The van der Waals surface area contributed by atoms with Gasteiger partial charge in [-0.1, -0.05) is 23.7 Å². The fourth-order valence-electron chi connectivity index (χ4n) is 2.24. The average Bonchev–Trinajstić information content (AvgIpc) is 2.70. The normalized spacial score (nSPS) is 9.86. The van der Waals surface area contributed by atoms with Crippen LogP contribution < -0.4 is 30.4 Å². The quantitative estimate of drug-likeness (QED) is 0.501. The van der Waals surface area contributed by atoms with Gasteiger partial charge in [-0.3, -0.25) is 25.8 Å². The van der Waals surface area contributed by atoms with Crippen LogP contribution in [0.1, 0.15) is 20.7 Å². The number of rotatable bonds is 5. The van der Waals surface area contributed by atoms with Crippen molar-refractivity contribution in [1.29, 1.82) is 0 Å². The molecule has 2 aromatic carbocycles. The smallest absolute Gasteiger partial charge is 0.269 e. The fourth-order valence-corrected chi connectivity index (χ4v) is 2.61. The van der Waals surface area contributed by atoms with Gasteiger partial charge >= 0.3 is 0 Å². The highest BCUT2D eigenvalue weighted by molar-refractivity contribution is 7.80. The first-order valence-electron chi connectivity index (χ1n) is 7.87. The number of hydrazine groups is 1. The number of hydrogen-bond donors (Lipinski definition) is 3. The van der Waals surface area contributed by atoms with E-state index in [4.69, 9.17) is 38.0 Å². The molecule has 0 bridgehead atoms. The Balaban J connectivity index is 2.03. The lowest BCUT2D eigenvalue weighted by Gasteiger charge is -2.15. The van der Waals surface area contributed by atoms with E-state index in [1.165, 1.54) is 33.5 Å². The molecule has 0 unspecified atom stereocenters. The van der Waals surface area contributed by atoms with Crippen molar-refractivity contribution in [2.75, 3.05) is 21.3 Å². The van der Waals surface area contributed by atoms with E-state index in [1.807, 2.05) is 0 Å². The maximum absolute atomic E-state index is 12.4. The standard InChI is InChI=1S/C18H18ClN3O5S/c1-25-13-8-10(9-14(26-2)15(13)27-3)16(23)21-22-18(28)20-17(24)11-6-4-5-7-12(11)19/h4-9H,1-3H3,(H,21,23)(H2,20,22,24,28). The predicted octanol–water partition coefficient (Wildman–Crippen LogP) is 2.32. The van der Waals surface area contributed by atoms with Gasteiger partial charge in [0, 0.05) is 5.56 Å². The molecule has 0 aromatic heterocycles. The van der Waals surface area contributed by atoms with E-state index in [1.54, 1.807) is 24.3 Å². The third kappa shape index (κ3) is 5.02. The number of benzene rings is 2. The molecule has 0 saturated heterocycles. The lowest BCUT2D eigenvalue weighted by molar-refractivity contribution is 0.0934. The number of thiocarbonyl (C=S) groups is 1. The monoisotopic (exact) mass is 423 g/mol. The molecule has 2 amide bonds. The average molecular weight is 424 g/mol. The number of carbonyl (C=O) groups excluding carboxylic acids is 2. The van der Waals surface area contributed by atoms with Gasteiger partial charge in [-0.05, 0) is 36.5 Å². The highest BCUT2D eigenvalue weighted by atomic mass is 35.5. The summed E-state index contributed by atoms with van der Waals surface area (Å²) in [6.45, 7) is 0. The first-order chi connectivity index (χ1) is 13.4. The fraction of sp³-hybridized carbons (Fsp3) is 0.167. The number of methoxy groups -OCH3 is 3. The van der Waals surface area contributed by atoms with Gasteiger partial charge in [0.15, 0.2) is 16.6 Å². The van der Waals surface area contributed by atoms with E-state index in [0.29, 0.717) is 17.2 Å². The van der Waals surface area contributed by atoms with Crippen LogP contribution in [0.3, 0.4) is 0 Å². The van der Waals surface area contributed by atoms with Crippen LogP contribution in [0.5, 0.6) is 17.2 Å². The molecule has 148 valence electrons. The highest BCUT2D eigenvalue weighted by Crippen LogP contribution is 2.38. The molecule has 10 heteroatoms. The van der Waals surface area contributed by atoms with Crippen molar-refractivity contribution >= 4 is 40.7 Å². The van der Waals surface area contributed by atoms with Crippen LogP contribution in [0.2, 0.25) is 5.02 Å². The van der Waals surface area contributed by atoms with Crippen molar-refractivity contribution in [3.05, 3.63) is 52.5 Å². The van der Waals surface area contributed by atoms with Crippen LogP contribution in [-0.2, 0) is 0 Å². The summed E-state index contributed by atoms with van der Waals surface area (Å²) < 4.78 is 15.6. The maximum Gasteiger partial charge on any atom is 0.269 e. The second-order valence-corrected chi connectivity index (χ2v) is 6.07. The zero-order valence-corrected chi connectivity index (χ0v) is 16.9. The number of amides is 2. The summed E-state index contributed by atoms with van der Waals surface area (Å²) in [5.74, 6) is -0.0426. The molecule has 2 aromatic rings. The molecule has 8 nitrogen and oxygen atoms in total. The number of ether oxygens (including phenoxy) is 3. The second kappa shape index (κ2) is 9.77. The van der Waals surface area contributed by atoms with Gasteiger partial charge in [0.25, 0.3) is 11.8 Å². The topological polar surface area (TPSA) is 97.9 Å². The molecule has 3 N–H and O–H groups in total. The molecule has 0 atom stereocenters. The Kier molecular flexibility index (Phi) is 7.42. The third-order valence-corrected chi connectivity index (χ3v) is 4.10. The van der Waals surface area contributed by atoms with Crippen molar-refractivity contribution in [3.63, 3.8) is 0 Å². The first kappa shape index (κ1) is 21.3. The molecule has 28 heavy (non-hydrogen) atoms. The number of halogens is 1. The molecule has 2 rings (SSSR count). The lowest BCUT2D eigenvalue weighted by Crippen LogP contribution is -2.48. The van der Waals surface area contributed by atoms with Crippen LogP contribution in [0.25, 0.3) is 0 Å². The number of nitrogens with one attached hydrogen (secondary N) is 3. The summed E-state index contributed by atoms with van der Waals surface area (Å²) in [5.41, 5.74) is 5.31. The molecule has 0 saturated carbocycles. The Hall–Kier alpha value is -3.04. The van der Waals surface area contributed by atoms with Crippen LogP contribution in [0, 0.1) is 0 Å². The van der Waals surface area contributed by atoms with Crippen molar-refractivity contribution in [2.45, 2.75) is 0 Å². The van der Waals surface area contributed by atoms with Gasteiger partial charge in [-0.15, -0.1) is 0 Å². The Morgan fingerprint density at radius 3 is 2.07 bits per heavy atom. The number of carbonyl (C=O) groups is 2. The zero-order valence-electron chi connectivity index (χ0n) is 15.3. The van der Waals surface area contributed by atoms with Gasteiger partial charge in [-0.25, -0.2) is 0 Å². The van der Waals surface area contributed by atoms with Crippen LogP contribution in [-0.4, -0.2) is 38.3 Å². The van der Waals surface area contributed by atoms with E-state index < -0.39 is 11.8 Å². The molecule has 0 aliphatic rings. The van der Waals surface area contributed by atoms with E-state index in [0.717, 1.165) is 0 Å². The third-order valence-electron chi connectivity index (χ3n) is 3.56. The van der Waals surface area contributed by atoms with Gasteiger partial charge in [0.1, 0.15) is 0 Å². The largest absolute Gasteiger partial charge is 0.493 e. The van der Waals surface area contributed by atoms with Gasteiger partial charge in [0.05, 0.1) is 31.9 Å². The summed E-state index contributed by atoms with van der Waals surface area (Å²) >= 11 is 11.0. The molecule has 0 radical (unpaired) electrons. The van der Waals surface area contributed by atoms with Crippen molar-refractivity contribution in [2.24, 2.45) is 0 Å². The van der Waals surface area contributed by atoms with Crippen molar-refractivity contribution in [3.8, 4) is 17.2 Å². The summed E-state index contributed by atoms with van der Waals surface area (Å²) in [7, 11) is 4.34. The van der Waals surface area contributed by atoms with Crippen LogP contribution in [0.4, 0.5) is 0 Å². The van der Waals surface area contributed by atoms with E-state index in [9.17, 15) is 9.59 Å². The summed E-state index contributed by atoms with van der Waals surface area (Å²) in [4.78, 5) is 24.5. The maximum atomic E-state index is 12.4. The minimum absolute atomic E-state index is 0.106. The molecule has 0 aliphatic heterocycles. The summed E-state index contributed by atoms with van der Waals surface area (Å²) in [6.07, 6.45) is 0. The Labute approximate surface area is 172 Å². The van der Waals surface area contributed by atoms with E-state index in [2.05, 4.69) is 16.2 Å². The molecule has 0 fully saturated rings. The van der Waals surface area contributed by atoms with Gasteiger partial charge in [-0.2, -0.15) is 0 Å². The predicted molar refractivity (Wildman–Crippen MR) is 108 cm³/mol. The molecule has 0 spiro atoms. The van der Waals surface area contributed by atoms with E-state index >= 15 is 0 Å². The Bertz CT molecular complexity index is 882. The molecule has 0 heterocycles. The first-order valence-corrected chi connectivity index (χ1v) is 8.66. The molecular formula is C18H18ClN3O5S. The lowest BCUT2D eigenvalue weighted by atomic mass is 10.1. The SMILES string of the molecule is COc1cc(C(=O)NNC(=S)NC(=O)c2ccccc2Cl)cc(OC)c1OC. The number of hydrogen-bond acceptors (Lipinski definition) is 6. The zero-order chi connectivity index (χ0) is 20.7. The van der Waals surface area contributed by atoms with E-state index in [-0.39, 0.29) is 21.3 Å². The molecular weight excluding hydrogens is 406 g/mol. The summed E-state index contributed by atoms with van der Waals surface area (Å²) in [6, 6.07) is 9.46. The van der Waals surface area contributed by atoms with Crippen LogP contribution in [0.15, 0.2) is 36.4 Å². The van der Waals surface area contributed by atoms with Gasteiger partial charge in [0.2, 0.25) is 5.75 Å². The molecule has 0 aliphatic carbocycles. The Morgan fingerprint density at radius 1 is 0.929 bits per heavy atom. The van der Waals surface area contributed by atoms with Gasteiger partial charge < -0.3 is 14.2 Å². The second-order valence-electron chi connectivity index (χ2n) is 5.26. The summed E-state index contributed by atoms with van der Waals surface area (Å²) in [5, 5.41) is 2.60. The minimum Gasteiger partial charge on any atom is -0.493 e. The highest BCUT2D eigenvalue weighted by Gasteiger charge is 2.17. The van der Waals surface area contributed by atoms with Crippen molar-refractivity contribution < 1.29 is 23.8 Å².